The number of nitrogens with zero attached hydrogens (tertiary/aromatic N) is 1. The molecule has 1 N–H and O–H groups in total. The van der Waals surface area contributed by atoms with Crippen LogP contribution >= 0.6 is 15.9 Å². The Morgan fingerprint density at radius 1 is 1.61 bits per heavy atom. The minimum atomic E-state index is 0.0693. The molecule has 18 heavy (non-hydrogen) atoms. The molecule has 2 rings (SSSR count). The van der Waals surface area contributed by atoms with Crippen molar-refractivity contribution in [3.05, 3.63) is 34.3 Å². The summed E-state index contributed by atoms with van der Waals surface area (Å²) >= 11 is 3.39. The molecule has 1 saturated heterocycles. The maximum atomic E-state index is 12.5. The number of halogens is 1. The van der Waals surface area contributed by atoms with Crippen LogP contribution in [0.4, 0.5) is 0 Å². The lowest BCUT2D eigenvalue weighted by molar-refractivity contribution is -0.000978. The maximum Gasteiger partial charge on any atom is 0.254 e. The third-order valence-electron chi connectivity index (χ3n) is 3.00. The molecule has 1 amide bonds. The Balaban J connectivity index is 2.15. The molecule has 1 atom stereocenters. The molecule has 1 aromatic rings. The lowest BCUT2D eigenvalue weighted by Gasteiger charge is -2.35. The first-order valence-corrected chi connectivity index (χ1v) is 6.80. The minimum absolute atomic E-state index is 0.0693. The molecule has 1 heterocycles. The first-order valence-electron chi connectivity index (χ1n) is 6.01. The third-order valence-corrected chi connectivity index (χ3v) is 3.49. The molecule has 1 aliphatic rings. The fraction of sp³-hybridized carbons (Fsp3) is 0.462. The van der Waals surface area contributed by atoms with E-state index in [4.69, 9.17) is 4.74 Å². The summed E-state index contributed by atoms with van der Waals surface area (Å²) in [5.41, 5.74) is 0.715. The lowest BCUT2D eigenvalue weighted by Crippen LogP contribution is -2.52. The van der Waals surface area contributed by atoms with Gasteiger partial charge in [-0.15, -0.1) is 0 Å². The van der Waals surface area contributed by atoms with Crippen molar-refractivity contribution in [3.63, 3.8) is 0 Å². The minimum Gasteiger partial charge on any atom is -0.377 e. The van der Waals surface area contributed by atoms with Crippen LogP contribution < -0.4 is 5.32 Å². The van der Waals surface area contributed by atoms with Gasteiger partial charge in [0.2, 0.25) is 0 Å². The van der Waals surface area contributed by atoms with Crippen molar-refractivity contribution in [2.45, 2.75) is 6.04 Å². The van der Waals surface area contributed by atoms with Crippen LogP contribution in [0, 0.1) is 0 Å². The number of likely N-dealkylation sites (N-methyl/N-ethyl adjacent to an activating group) is 1. The zero-order valence-corrected chi connectivity index (χ0v) is 11.9. The van der Waals surface area contributed by atoms with Crippen LogP contribution in [-0.4, -0.2) is 50.2 Å². The first kappa shape index (κ1) is 13.5. The summed E-state index contributed by atoms with van der Waals surface area (Å²) in [7, 11) is 1.89. The quantitative estimate of drug-likeness (QED) is 0.920. The van der Waals surface area contributed by atoms with Crippen molar-refractivity contribution < 1.29 is 9.53 Å². The number of carbonyl (C=O) groups excluding carboxylic acids is 1. The second-order valence-corrected chi connectivity index (χ2v) is 5.21. The SMILES string of the molecule is CNCC1COCCN1C(=O)c1cccc(Br)c1. The predicted molar refractivity (Wildman–Crippen MR) is 73.7 cm³/mol. The van der Waals surface area contributed by atoms with E-state index < -0.39 is 0 Å². The highest BCUT2D eigenvalue weighted by Gasteiger charge is 2.27. The number of amides is 1. The van der Waals surface area contributed by atoms with Gasteiger partial charge in [-0.1, -0.05) is 22.0 Å². The van der Waals surface area contributed by atoms with Gasteiger partial charge in [-0.3, -0.25) is 4.79 Å². The smallest absolute Gasteiger partial charge is 0.254 e. The Morgan fingerprint density at radius 3 is 3.17 bits per heavy atom. The van der Waals surface area contributed by atoms with E-state index in [1.54, 1.807) is 0 Å². The molecule has 0 radical (unpaired) electrons. The fourth-order valence-electron chi connectivity index (χ4n) is 2.11. The third kappa shape index (κ3) is 3.10. The number of carbonyl (C=O) groups is 1. The Kier molecular flexibility index (Phi) is 4.74. The molecular weight excluding hydrogens is 296 g/mol. The van der Waals surface area contributed by atoms with Gasteiger partial charge in [0.1, 0.15) is 0 Å². The molecule has 0 bridgehead atoms. The Labute approximate surface area is 115 Å². The largest absolute Gasteiger partial charge is 0.377 e. The van der Waals surface area contributed by atoms with Gasteiger partial charge < -0.3 is 15.0 Å². The summed E-state index contributed by atoms with van der Waals surface area (Å²) in [6.07, 6.45) is 0. The van der Waals surface area contributed by atoms with Crippen LogP contribution in [0.15, 0.2) is 28.7 Å². The van der Waals surface area contributed by atoms with Crippen molar-refractivity contribution in [2.75, 3.05) is 33.4 Å². The Bertz CT molecular complexity index is 423. The van der Waals surface area contributed by atoms with Crippen LogP contribution in [-0.2, 0) is 4.74 Å². The highest BCUT2D eigenvalue weighted by Crippen LogP contribution is 2.16. The van der Waals surface area contributed by atoms with E-state index in [-0.39, 0.29) is 11.9 Å². The molecule has 0 aromatic heterocycles. The normalized spacial score (nSPS) is 19.9. The molecule has 4 nitrogen and oxygen atoms in total. The second-order valence-electron chi connectivity index (χ2n) is 4.30. The van der Waals surface area contributed by atoms with E-state index in [0.717, 1.165) is 11.0 Å². The number of hydrogen-bond donors (Lipinski definition) is 1. The standard InChI is InChI=1S/C13H17BrN2O2/c1-15-8-12-9-18-6-5-16(12)13(17)10-3-2-4-11(14)7-10/h2-4,7,12,15H,5-6,8-9H2,1H3. The van der Waals surface area contributed by atoms with Gasteiger partial charge in [-0.2, -0.15) is 0 Å². The van der Waals surface area contributed by atoms with Crippen molar-refractivity contribution in [2.24, 2.45) is 0 Å². The number of hydrogen-bond acceptors (Lipinski definition) is 3. The molecule has 0 saturated carbocycles. The average Bonchev–Trinajstić information content (AvgIpc) is 2.39. The van der Waals surface area contributed by atoms with Crippen molar-refractivity contribution in [3.8, 4) is 0 Å². The van der Waals surface area contributed by atoms with Crippen molar-refractivity contribution in [1.29, 1.82) is 0 Å². The van der Waals surface area contributed by atoms with Gasteiger partial charge in [-0.25, -0.2) is 0 Å². The molecule has 5 heteroatoms. The summed E-state index contributed by atoms with van der Waals surface area (Å²) in [5.74, 6) is 0.0693. The molecule has 1 unspecified atom stereocenters. The highest BCUT2D eigenvalue weighted by molar-refractivity contribution is 9.10. The Hall–Kier alpha value is -0.910. The van der Waals surface area contributed by atoms with Crippen LogP contribution in [0.5, 0.6) is 0 Å². The number of ether oxygens (including phenoxy) is 1. The second kappa shape index (κ2) is 6.31. The van der Waals surface area contributed by atoms with Crippen LogP contribution in [0.25, 0.3) is 0 Å². The zero-order valence-electron chi connectivity index (χ0n) is 10.4. The summed E-state index contributed by atoms with van der Waals surface area (Å²) in [6, 6.07) is 7.61. The van der Waals surface area contributed by atoms with Gasteiger partial charge >= 0.3 is 0 Å². The van der Waals surface area contributed by atoms with E-state index in [9.17, 15) is 4.79 Å². The fourth-order valence-corrected chi connectivity index (χ4v) is 2.51. The van der Waals surface area contributed by atoms with E-state index >= 15 is 0 Å². The molecule has 0 spiro atoms. The van der Waals surface area contributed by atoms with E-state index in [0.29, 0.717) is 25.3 Å². The van der Waals surface area contributed by atoms with Crippen molar-refractivity contribution in [1.82, 2.24) is 10.2 Å². The number of rotatable bonds is 3. The summed E-state index contributed by atoms with van der Waals surface area (Å²) in [6.45, 7) is 2.61. The topological polar surface area (TPSA) is 41.6 Å². The molecule has 0 aliphatic carbocycles. The Morgan fingerprint density at radius 2 is 2.44 bits per heavy atom. The predicted octanol–water partition coefficient (Wildman–Crippen LogP) is 1.51. The van der Waals surface area contributed by atoms with E-state index in [1.165, 1.54) is 0 Å². The number of nitrogens with one attached hydrogen (secondary N) is 1. The highest BCUT2D eigenvalue weighted by atomic mass is 79.9. The van der Waals surface area contributed by atoms with E-state index in [2.05, 4.69) is 21.2 Å². The summed E-state index contributed by atoms with van der Waals surface area (Å²) in [4.78, 5) is 14.3. The van der Waals surface area contributed by atoms with Crippen LogP contribution in [0.3, 0.4) is 0 Å². The van der Waals surface area contributed by atoms with Gasteiger partial charge in [0.05, 0.1) is 19.3 Å². The summed E-state index contributed by atoms with van der Waals surface area (Å²) in [5, 5.41) is 3.10. The van der Waals surface area contributed by atoms with Gasteiger partial charge in [0.25, 0.3) is 5.91 Å². The zero-order chi connectivity index (χ0) is 13.0. The van der Waals surface area contributed by atoms with Crippen molar-refractivity contribution >= 4 is 21.8 Å². The van der Waals surface area contributed by atoms with Crippen LogP contribution in [0.1, 0.15) is 10.4 Å². The molecule has 1 aliphatic heterocycles. The molecule has 1 fully saturated rings. The number of benzene rings is 1. The number of morpholine rings is 1. The lowest BCUT2D eigenvalue weighted by atomic mass is 10.1. The van der Waals surface area contributed by atoms with Crippen LogP contribution in [0.2, 0.25) is 0 Å². The first-order chi connectivity index (χ1) is 8.72. The van der Waals surface area contributed by atoms with Gasteiger partial charge in [0.15, 0.2) is 0 Å². The van der Waals surface area contributed by atoms with Gasteiger partial charge in [0, 0.05) is 23.1 Å². The molecular formula is C13H17BrN2O2. The maximum absolute atomic E-state index is 12.5. The monoisotopic (exact) mass is 312 g/mol. The van der Waals surface area contributed by atoms with E-state index in [1.807, 2.05) is 36.2 Å². The molecule has 98 valence electrons. The summed E-state index contributed by atoms with van der Waals surface area (Å²) < 4.78 is 6.35. The molecule has 1 aromatic carbocycles. The average molecular weight is 313 g/mol. The van der Waals surface area contributed by atoms with Gasteiger partial charge in [-0.05, 0) is 25.2 Å².